The van der Waals surface area contributed by atoms with Crippen molar-refractivity contribution in [3.8, 4) is 11.5 Å². The predicted octanol–water partition coefficient (Wildman–Crippen LogP) is 3.41. The van der Waals surface area contributed by atoms with E-state index in [1.54, 1.807) is 0 Å². The Bertz CT molecular complexity index is 1170. The lowest BCUT2D eigenvalue weighted by Gasteiger charge is -2.32. The van der Waals surface area contributed by atoms with Gasteiger partial charge in [-0.1, -0.05) is 19.9 Å². The molecule has 2 aliphatic heterocycles. The zero-order chi connectivity index (χ0) is 22.8. The Kier molecular flexibility index (Phi) is 5.98. The van der Waals surface area contributed by atoms with E-state index in [1.165, 1.54) is 0 Å². The van der Waals surface area contributed by atoms with E-state index in [9.17, 15) is 4.79 Å². The summed E-state index contributed by atoms with van der Waals surface area (Å²) in [5.41, 5.74) is 5.66. The summed E-state index contributed by atoms with van der Waals surface area (Å²) in [6, 6.07) is 7.85. The van der Waals surface area contributed by atoms with Gasteiger partial charge in [0.25, 0.3) is 0 Å². The highest BCUT2D eigenvalue weighted by Crippen LogP contribution is 2.32. The molecule has 1 saturated heterocycles. The van der Waals surface area contributed by atoms with Gasteiger partial charge >= 0.3 is 0 Å². The molecule has 0 saturated carbocycles. The predicted molar refractivity (Wildman–Crippen MR) is 125 cm³/mol. The first kappa shape index (κ1) is 21.4. The lowest BCUT2D eigenvalue weighted by Crippen LogP contribution is -2.40. The van der Waals surface area contributed by atoms with Crippen LogP contribution in [-0.4, -0.2) is 40.7 Å². The van der Waals surface area contributed by atoms with E-state index in [2.05, 4.69) is 35.1 Å². The molecule has 33 heavy (non-hydrogen) atoms. The summed E-state index contributed by atoms with van der Waals surface area (Å²) in [5.74, 6) is 1.61. The van der Waals surface area contributed by atoms with Gasteiger partial charge < -0.3 is 19.7 Å². The Morgan fingerprint density at radius 3 is 2.61 bits per heavy atom. The second-order valence-electron chi connectivity index (χ2n) is 8.53. The van der Waals surface area contributed by atoms with Crippen LogP contribution in [-0.2, 0) is 24.2 Å². The van der Waals surface area contributed by atoms with Crippen LogP contribution < -0.4 is 19.7 Å². The maximum atomic E-state index is 12.7. The number of nitrogens with one attached hydrogen (secondary N) is 1. The highest BCUT2D eigenvalue weighted by atomic mass is 16.7. The largest absolute Gasteiger partial charge is 0.454 e. The lowest BCUT2D eigenvalue weighted by atomic mass is 9.95. The third kappa shape index (κ3) is 4.42. The molecule has 1 amide bonds. The molecule has 3 aromatic rings. The molecule has 1 aromatic carbocycles. The molecule has 0 spiro atoms. The quantitative estimate of drug-likeness (QED) is 0.619. The number of anilines is 1. The van der Waals surface area contributed by atoms with E-state index in [1.807, 2.05) is 24.4 Å². The van der Waals surface area contributed by atoms with Crippen molar-refractivity contribution in [1.29, 1.82) is 0 Å². The molecule has 0 aliphatic carbocycles. The molecule has 8 heteroatoms. The van der Waals surface area contributed by atoms with E-state index in [4.69, 9.17) is 19.4 Å². The Morgan fingerprint density at radius 2 is 1.82 bits per heavy atom. The van der Waals surface area contributed by atoms with Gasteiger partial charge in [-0.15, -0.1) is 0 Å². The number of aromatic nitrogens is 3. The van der Waals surface area contributed by atoms with Crippen LogP contribution in [0.15, 0.2) is 30.5 Å². The first-order valence-electron chi connectivity index (χ1n) is 11.7. The SMILES string of the molecule is CCc1nc2cc(N3CCC(C(=O)NCc4ccc5c(c4)OCO5)CC3)cnc2nc1CC. The van der Waals surface area contributed by atoms with Crippen LogP contribution in [0.2, 0.25) is 0 Å². The summed E-state index contributed by atoms with van der Waals surface area (Å²) in [4.78, 5) is 29.1. The van der Waals surface area contributed by atoms with Crippen molar-refractivity contribution in [2.45, 2.75) is 46.1 Å². The molecule has 0 unspecified atom stereocenters. The smallest absolute Gasteiger partial charge is 0.231 e. The van der Waals surface area contributed by atoms with E-state index >= 15 is 0 Å². The fourth-order valence-corrected chi connectivity index (χ4v) is 4.53. The highest BCUT2D eigenvalue weighted by molar-refractivity contribution is 5.79. The van der Waals surface area contributed by atoms with E-state index < -0.39 is 0 Å². The number of hydrogen-bond donors (Lipinski definition) is 1. The third-order valence-corrected chi connectivity index (χ3v) is 6.47. The van der Waals surface area contributed by atoms with Crippen molar-refractivity contribution in [3.05, 3.63) is 47.4 Å². The molecule has 1 fully saturated rings. The van der Waals surface area contributed by atoms with Gasteiger partial charge in [0.05, 0.1) is 23.3 Å². The second-order valence-corrected chi connectivity index (χ2v) is 8.53. The van der Waals surface area contributed by atoms with Crippen LogP contribution >= 0.6 is 0 Å². The van der Waals surface area contributed by atoms with Gasteiger partial charge in [-0.25, -0.2) is 15.0 Å². The molecule has 2 aliphatic rings. The Labute approximate surface area is 193 Å². The summed E-state index contributed by atoms with van der Waals surface area (Å²) in [6.07, 6.45) is 5.22. The lowest BCUT2D eigenvalue weighted by molar-refractivity contribution is -0.125. The van der Waals surface area contributed by atoms with Crippen molar-refractivity contribution < 1.29 is 14.3 Å². The number of hydrogen-bond acceptors (Lipinski definition) is 7. The third-order valence-electron chi connectivity index (χ3n) is 6.47. The zero-order valence-corrected chi connectivity index (χ0v) is 19.1. The average Bonchev–Trinajstić information content (AvgIpc) is 3.34. The summed E-state index contributed by atoms with van der Waals surface area (Å²) in [5, 5.41) is 3.08. The second kappa shape index (κ2) is 9.21. The molecule has 0 radical (unpaired) electrons. The number of aryl methyl sites for hydroxylation is 2. The normalized spacial score (nSPS) is 15.8. The number of amides is 1. The molecule has 8 nitrogen and oxygen atoms in total. The van der Waals surface area contributed by atoms with Crippen LogP contribution in [0.1, 0.15) is 43.6 Å². The van der Waals surface area contributed by atoms with Crippen LogP contribution in [0, 0.1) is 5.92 Å². The molecule has 1 N–H and O–H groups in total. The number of rotatable bonds is 6. The van der Waals surface area contributed by atoms with Gasteiger partial charge in [0.2, 0.25) is 12.7 Å². The van der Waals surface area contributed by atoms with Crippen LogP contribution in [0.5, 0.6) is 11.5 Å². The topological polar surface area (TPSA) is 89.5 Å². The number of ether oxygens (including phenoxy) is 2. The van der Waals surface area contributed by atoms with Gasteiger partial charge in [0, 0.05) is 25.6 Å². The number of nitrogens with zero attached hydrogens (tertiary/aromatic N) is 4. The van der Waals surface area contributed by atoms with E-state index in [0.29, 0.717) is 12.2 Å². The summed E-state index contributed by atoms with van der Waals surface area (Å²) >= 11 is 0. The number of carbonyl (C=O) groups excluding carboxylic acids is 1. The van der Waals surface area contributed by atoms with Crippen LogP contribution in [0.25, 0.3) is 11.2 Å². The van der Waals surface area contributed by atoms with Crippen molar-refractivity contribution in [2.75, 3.05) is 24.8 Å². The molecule has 0 bridgehead atoms. The zero-order valence-electron chi connectivity index (χ0n) is 19.1. The minimum Gasteiger partial charge on any atom is -0.454 e. The van der Waals surface area contributed by atoms with Crippen molar-refractivity contribution in [3.63, 3.8) is 0 Å². The van der Waals surface area contributed by atoms with Crippen molar-refractivity contribution in [1.82, 2.24) is 20.3 Å². The molecule has 5 rings (SSSR count). The standard InChI is InChI=1S/C25H29N5O3/c1-3-19-20(4-2)29-24-21(28-19)12-18(14-26-24)30-9-7-17(8-10-30)25(31)27-13-16-5-6-22-23(11-16)33-15-32-22/h5-6,11-12,14,17H,3-4,7-10,13,15H2,1-2H3,(H,27,31). The first-order chi connectivity index (χ1) is 16.1. The molecule has 4 heterocycles. The van der Waals surface area contributed by atoms with Gasteiger partial charge in [0.1, 0.15) is 5.52 Å². The summed E-state index contributed by atoms with van der Waals surface area (Å²) in [7, 11) is 0. The van der Waals surface area contributed by atoms with E-state index in [-0.39, 0.29) is 18.6 Å². The Balaban J connectivity index is 1.19. The van der Waals surface area contributed by atoms with Gasteiger partial charge in [0.15, 0.2) is 17.1 Å². The minimum absolute atomic E-state index is 0.0160. The van der Waals surface area contributed by atoms with Gasteiger partial charge in [-0.2, -0.15) is 0 Å². The van der Waals surface area contributed by atoms with Crippen molar-refractivity contribution in [2.24, 2.45) is 5.92 Å². The number of fused-ring (bicyclic) bond motifs is 2. The Hall–Kier alpha value is -3.42. The Morgan fingerprint density at radius 1 is 1.06 bits per heavy atom. The van der Waals surface area contributed by atoms with E-state index in [0.717, 1.165) is 78.4 Å². The molecule has 172 valence electrons. The molecule has 2 aromatic heterocycles. The number of piperidine rings is 1. The molecular formula is C25H29N5O3. The molecule has 0 atom stereocenters. The highest BCUT2D eigenvalue weighted by Gasteiger charge is 2.25. The first-order valence-corrected chi connectivity index (χ1v) is 11.7. The van der Waals surface area contributed by atoms with Crippen molar-refractivity contribution >= 4 is 22.8 Å². The maximum absolute atomic E-state index is 12.7. The fraction of sp³-hybridized carbons (Fsp3) is 0.440. The van der Waals surface area contributed by atoms with Crippen LogP contribution in [0.3, 0.4) is 0 Å². The minimum atomic E-state index is 0.0160. The van der Waals surface area contributed by atoms with Crippen LogP contribution in [0.4, 0.5) is 5.69 Å². The summed E-state index contributed by atoms with van der Waals surface area (Å²) < 4.78 is 10.8. The number of benzene rings is 1. The fourth-order valence-electron chi connectivity index (χ4n) is 4.53. The monoisotopic (exact) mass is 447 g/mol. The number of pyridine rings is 1. The number of carbonyl (C=O) groups is 1. The average molecular weight is 448 g/mol. The van der Waals surface area contributed by atoms with Gasteiger partial charge in [-0.3, -0.25) is 4.79 Å². The maximum Gasteiger partial charge on any atom is 0.231 e. The molecular weight excluding hydrogens is 418 g/mol. The van der Waals surface area contributed by atoms with Gasteiger partial charge in [-0.05, 0) is 49.4 Å². The summed E-state index contributed by atoms with van der Waals surface area (Å²) in [6.45, 7) is 6.57.